The Labute approximate surface area is 103 Å². The van der Waals surface area contributed by atoms with Crippen LogP contribution >= 0.6 is 11.3 Å². The first-order valence-electron chi connectivity index (χ1n) is 5.83. The van der Waals surface area contributed by atoms with E-state index in [4.69, 9.17) is 4.74 Å². The van der Waals surface area contributed by atoms with Gasteiger partial charge in [0.2, 0.25) is 0 Å². The fourth-order valence-corrected chi connectivity index (χ4v) is 3.22. The van der Waals surface area contributed by atoms with E-state index in [1.54, 1.807) is 7.11 Å². The Hall–Kier alpha value is -0.380. The Morgan fingerprint density at radius 1 is 1.44 bits per heavy atom. The van der Waals surface area contributed by atoms with Gasteiger partial charge in [-0.15, -0.1) is 11.3 Å². The van der Waals surface area contributed by atoms with Crippen LogP contribution in [-0.4, -0.2) is 20.8 Å². The summed E-state index contributed by atoms with van der Waals surface area (Å²) in [6, 6.07) is 2.76. The predicted octanol–water partition coefficient (Wildman–Crippen LogP) is 3.30. The van der Waals surface area contributed by atoms with Crippen LogP contribution in [-0.2, 0) is 4.74 Å². The van der Waals surface area contributed by atoms with Gasteiger partial charge < -0.3 is 10.1 Å². The van der Waals surface area contributed by atoms with E-state index in [0.717, 1.165) is 13.0 Å². The van der Waals surface area contributed by atoms with E-state index in [0.29, 0.717) is 12.0 Å². The summed E-state index contributed by atoms with van der Waals surface area (Å²) in [7, 11) is 3.80. The van der Waals surface area contributed by atoms with Crippen molar-refractivity contribution in [2.75, 3.05) is 20.8 Å². The molecule has 2 unspecified atom stereocenters. The van der Waals surface area contributed by atoms with Crippen molar-refractivity contribution >= 4 is 11.3 Å². The van der Waals surface area contributed by atoms with Crippen LogP contribution in [0.1, 0.15) is 34.7 Å². The summed E-state index contributed by atoms with van der Waals surface area (Å²) in [6.07, 6.45) is 1.10. The van der Waals surface area contributed by atoms with Gasteiger partial charge in [0.15, 0.2) is 0 Å². The average molecular weight is 241 g/mol. The molecule has 0 aliphatic heterocycles. The molecule has 1 aromatic heterocycles. The van der Waals surface area contributed by atoms with E-state index in [1.165, 1.54) is 15.3 Å². The Balaban J connectivity index is 2.73. The maximum Gasteiger partial charge on any atom is 0.0465 e. The number of aryl methyl sites for hydroxylation is 2. The fraction of sp³-hybridized carbons (Fsp3) is 0.692. The Kier molecular flexibility index (Phi) is 5.46. The van der Waals surface area contributed by atoms with Gasteiger partial charge in [0.05, 0.1) is 0 Å². The Bertz CT molecular complexity index is 302. The number of ether oxygens (including phenoxy) is 1. The third kappa shape index (κ3) is 3.30. The molecule has 3 heteroatoms. The first-order valence-corrected chi connectivity index (χ1v) is 6.65. The second kappa shape index (κ2) is 6.38. The molecule has 1 heterocycles. The standard InChI is InChI=1S/C13H23NOS/c1-9(6-7-15-5)13(14-4)12-8-10(2)11(3)16-12/h8-9,13-14H,6-7H2,1-5H3. The summed E-state index contributed by atoms with van der Waals surface area (Å²) in [4.78, 5) is 2.87. The molecule has 0 saturated heterocycles. The van der Waals surface area contributed by atoms with Crippen LogP contribution in [0.4, 0.5) is 0 Å². The minimum absolute atomic E-state index is 0.451. The predicted molar refractivity (Wildman–Crippen MR) is 71.3 cm³/mol. The van der Waals surface area contributed by atoms with Crippen LogP contribution in [0.15, 0.2) is 6.07 Å². The summed E-state index contributed by atoms with van der Waals surface area (Å²) < 4.78 is 5.15. The maximum atomic E-state index is 5.15. The molecule has 2 nitrogen and oxygen atoms in total. The van der Waals surface area contributed by atoms with E-state index in [9.17, 15) is 0 Å². The number of rotatable bonds is 6. The van der Waals surface area contributed by atoms with Crippen LogP contribution in [0.25, 0.3) is 0 Å². The molecule has 2 atom stereocenters. The SMILES string of the molecule is CNC(c1cc(C)c(C)s1)C(C)CCOC. The van der Waals surface area contributed by atoms with Crippen molar-refractivity contribution in [3.8, 4) is 0 Å². The van der Waals surface area contributed by atoms with E-state index in [1.807, 2.05) is 18.4 Å². The molecule has 92 valence electrons. The topological polar surface area (TPSA) is 21.3 Å². The van der Waals surface area contributed by atoms with Crippen LogP contribution in [0.5, 0.6) is 0 Å². The molecule has 0 fully saturated rings. The van der Waals surface area contributed by atoms with Gasteiger partial charge in [0.1, 0.15) is 0 Å². The van der Waals surface area contributed by atoms with Crippen LogP contribution < -0.4 is 5.32 Å². The molecule has 0 amide bonds. The molecular weight excluding hydrogens is 218 g/mol. The summed E-state index contributed by atoms with van der Waals surface area (Å²) in [5, 5.41) is 3.42. The number of hydrogen-bond donors (Lipinski definition) is 1. The number of nitrogens with one attached hydrogen (secondary N) is 1. The third-order valence-electron chi connectivity index (χ3n) is 3.15. The zero-order valence-corrected chi connectivity index (χ0v) is 11.8. The summed E-state index contributed by atoms with van der Waals surface area (Å²) in [6.45, 7) is 7.49. The van der Waals surface area contributed by atoms with Gasteiger partial charge in [-0.1, -0.05) is 6.92 Å². The molecule has 1 aromatic rings. The normalized spacial score (nSPS) is 15.1. The highest BCUT2D eigenvalue weighted by Crippen LogP contribution is 2.31. The van der Waals surface area contributed by atoms with Crippen molar-refractivity contribution in [3.05, 3.63) is 21.4 Å². The first-order chi connectivity index (χ1) is 7.60. The number of hydrogen-bond acceptors (Lipinski definition) is 3. The largest absolute Gasteiger partial charge is 0.385 e. The Morgan fingerprint density at radius 3 is 2.56 bits per heavy atom. The highest BCUT2D eigenvalue weighted by atomic mass is 32.1. The van der Waals surface area contributed by atoms with E-state index >= 15 is 0 Å². The highest BCUT2D eigenvalue weighted by Gasteiger charge is 2.19. The van der Waals surface area contributed by atoms with Crippen LogP contribution in [0, 0.1) is 19.8 Å². The van der Waals surface area contributed by atoms with Gasteiger partial charge in [0.25, 0.3) is 0 Å². The summed E-state index contributed by atoms with van der Waals surface area (Å²) in [5.74, 6) is 0.599. The molecular formula is C13H23NOS. The molecule has 0 aliphatic carbocycles. The Morgan fingerprint density at radius 2 is 2.12 bits per heavy atom. The lowest BCUT2D eigenvalue weighted by Gasteiger charge is -2.22. The number of thiophene rings is 1. The third-order valence-corrected chi connectivity index (χ3v) is 4.38. The van der Waals surface area contributed by atoms with E-state index in [2.05, 4.69) is 32.2 Å². The quantitative estimate of drug-likeness (QED) is 0.825. The van der Waals surface area contributed by atoms with Crippen molar-refractivity contribution in [2.24, 2.45) is 5.92 Å². The van der Waals surface area contributed by atoms with Crippen LogP contribution in [0.3, 0.4) is 0 Å². The van der Waals surface area contributed by atoms with Crippen molar-refractivity contribution in [2.45, 2.75) is 33.2 Å². The average Bonchev–Trinajstić information content (AvgIpc) is 2.57. The zero-order chi connectivity index (χ0) is 12.1. The van der Waals surface area contributed by atoms with Gasteiger partial charge in [-0.25, -0.2) is 0 Å². The highest BCUT2D eigenvalue weighted by molar-refractivity contribution is 7.12. The van der Waals surface area contributed by atoms with Gasteiger partial charge in [-0.2, -0.15) is 0 Å². The first kappa shape index (κ1) is 13.7. The molecule has 0 aliphatic rings. The van der Waals surface area contributed by atoms with Crippen molar-refractivity contribution in [3.63, 3.8) is 0 Å². The molecule has 0 radical (unpaired) electrons. The molecule has 16 heavy (non-hydrogen) atoms. The molecule has 0 spiro atoms. The van der Waals surface area contributed by atoms with E-state index in [-0.39, 0.29) is 0 Å². The molecule has 0 bridgehead atoms. The lowest BCUT2D eigenvalue weighted by atomic mass is 9.97. The molecule has 1 rings (SSSR count). The monoisotopic (exact) mass is 241 g/mol. The maximum absolute atomic E-state index is 5.15. The van der Waals surface area contributed by atoms with Crippen LogP contribution in [0.2, 0.25) is 0 Å². The van der Waals surface area contributed by atoms with Crippen molar-refractivity contribution < 1.29 is 4.74 Å². The second-order valence-electron chi connectivity index (χ2n) is 4.41. The molecule has 1 N–H and O–H groups in total. The summed E-state index contributed by atoms with van der Waals surface area (Å²) in [5.41, 5.74) is 1.40. The lowest BCUT2D eigenvalue weighted by Crippen LogP contribution is -2.23. The lowest BCUT2D eigenvalue weighted by molar-refractivity contribution is 0.171. The minimum Gasteiger partial charge on any atom is -0.385 e. The molecule has 0 aromatic carbocycles. The van der Waals surface area contributed by atoms with Gasteiger partial charge in [-0.05, 0) is 44.9 Å². The van der Waals surface area contributed by atoms with E-state index < -0.39 is 0 Å². The second-order valence-corrected chi connectivity index (χ2v) is 5.70. The zero-order valence-electron chi connectivity index (χ0n) is 11.0. The minimum atomic E-state index is 0.451. The number of methoxy groups -OCH3 is 1. The van der Waals surface area contributed by atoms with Gasteiger partial charge in [0, 0.05) is 29.5 Å². The van der Waals surface area contributed by atoms with Crippen molar-refractivity contribution in [1.29, 1.82) is 0 Å². The van der Waals surface area contributed by atoms with Crippen molar-refractivity contribution in [1.82, 2.24) is 5.32 Å². The summed E-state index contributed by atoms with van der Waals surface area (Å²) >= 11 is 1.91. The van der Waals surface area contributed by atoms with Gasteiger partial charge in [-0.3, -0.25) is 0 Å². The molecule has 0 saturated carbocycles. The smallest absolute Gasteiger partial charge is 0.0465 e. The van der Waals surface area contributed by atoms with Gasteiger partial charge >= 0.3 is 0 Å². The fourth-order valence-electron chi connectivity index (χ4n) is 1.93.